The number of benzene rings is 1. The summed E-state index contributed by atoms with van der Waals surface area (Å²) in [5.41, 5.74) is 2.32. The van der Waals surface area contributed by atoms with E-state index in [-0.39, 0.29) is 17.7 Å². The van der Waals surface area contributed by atoms with Gasteiger partial charge >= 0.3 is 0 Å². The number of piperidine rings is 1. The van der Waals surface area contributed by atoms with Crippen molar-refractivity contribution in [3.8, 4) is 0 Å². The molecule has 3 unspecified atom stereocenters. The number of carbonyl (C=O) groups excluding carboxylic acids is 2. The standard InChI is InChI=1S/C20H31N3O2/c1-13-8-14(2)12-23(11-13)20(25)17-7-6-15(3)18(9-17)22-19(24)16(4)10-21-5/h6-7,9,13-14,16,21H,8,10-12H2,1-5H3,(H,22,24). The van der Waals surface area contributed by atoms with E-state index >= 15 is 0 Å². The van der Waals surface area contributed by atoms with E-state index in [4.69, 9.17) is 0 Å². The fourth-order valence-electron chi connectivity index (χ4n) is 3.56. The van der Waals surface area contributed by atoms with Gasteiger partial charge in [-0.3, -0.25) is 9.59 Å². The van der Waals surface area contributed by atoms with Crippen molar-refractivity contribution in [3.63, 3.8) is 0 Å². The Labute approximate surface area is 151 Å². The predicted molar refractivity (Wildman–Crippen MR) is 102 cm³/mol. The lowest BCUT2D eigenvalue weighted by atomic mass is 9.91. The van der Waals surface area contributed by atoms with Crippen LogP contribution >= 0.6 is 0 Å². The maximum atomic E-state index is 12.9. The van der Waals surface area contributed by atoms with Crippen LogP contribution in [0.1, 0.15) is 43.1 Å². The highest BCUT2D eigenvalue weighted by Gasteiger charge is 2.26. The third-order valence-corrected chi connectivity index (χ3v) is 4.86. The molecule has 2 rings (SSSR count). The van der Waals surface area contributed by atoms with Gasteiger partial charge in [-0.15, -0.1) is 0 Å². The highest BCUT2D eigenvalue weighted by Crippen LogP contribution is 2.24. The number of anilines is 1. The number of aryl methyl sites for hydroxylation is 1. The average molecular weight is 345 g/mol. The zero-order valence-corrected chi connectivity index (χ0v) is 16.1. The molecule has 0 aliphatic carbocycles. The number of nitrogens with zero attached hydrogens (tertiary/aromatic N) is 1. The maximum Gasteiger partial charge on any atom is 0.253 e. The van der Waals surface area contributed by atoms with Crippen molar-refractivity contribution in [2.24, 2.45) is 17.8 Å². The molecule has 3 atom stereocenters. The monoisotopic (exact) mass is 345 g/mol. The number of amides is 2. The molecule has 0 saturated carbocycles. The van der Waals surface area contributed by atoms with Crippen molar-refractivity contribution < 1.29 is 9.59 Å². The zero-order chi connectivity index (χ0) is 18.6. The topological polar surface area (TPSA) is 61.4 Å². The van der Waals surface area contributed by atoms with Gasteiger partial charge in [-0.05, 0) is 49.9 Å². The van der Waals surface area contributed by atoms with E-state index in [0.29, 0.717) is 23.9 Å². The summed E-state index contributed by atoms with van der Waals surface area (Å²) >= 11 is 0. The Kier molecular flexibility index (Phi) is 6.59. The molecule has 1 aliphatic rings. The van der Waals surface area contributed by atoms with Gasteiger partial charge in [0.15, 0.2) is 0 Å². The van der Waals surface area contributed by atoms with Crippen LogP contribution in [-0.4, -0.2) is 43.4 Å². The molecule has 1 saturated heterocycles. The van der Waals surface area contributed by atoms with Gasteiger partial charge in [0, 0.05) is 36.8 Å². The Balaban J connectivity index is 2.14. The van der Waals surface area contributed by atoms with E-state index < -0.39 is 0 Å². The summed E-state index contributed by atoms with van der Waals surface area (Å²) in [6, 6.07) is 5.57. The van der Waals surface area contributed by atoms with Gasteiger partial charge in [-0.2, -0.15) is 0 Å². The van der Waals surface area contributed by atoms with Gasteiger partial charge in [-0.1, -0.05) is 26.8 Å². The minimum atomic E-state index is -0.132. The van der Waals surface area contributed by atoms with Gasteiger partial charge in [0.1, 0.15) is 0 Å². The normalized spacial score (nSPS) is 21.7. The average Bonchev–Trinajstić information content (AvgIpc) is 2.55. The van der Waals surface area contributed by atoms with Crippen LogP contribution in [0, 0.1) is 24.7 Å². The smallest absolute Gasteiger partial charge is 0.253 e. The summed E-state index contributed by atoms with van der Waals surface area (Å²) < 4.78 is 0. The lowest BCUT2D eigenvalue weighted by molar-refractivity contribution is -0.119. The Morgan fingerprint density at radius 3 is 2.48 bits per heavy atom. The number of nitrogens with one attached hydrogen (secondary N) is 2. The van der Waals surface area contributed by atoms with Gasteiger partial charge in [0.25, 0.3) is 5.91 Å². The predicted octanol–water partition coefficient (Wildman–Crippen LogP) is 2.91. The molecular formula is C20H31N3O2. The molecule has 25 heavy (non-hydrogen) atoms. The van der Waals surface area contributed by atoms with E-state index in [2.05, 4.69) is 24.5 Å². The van der Waals surface area contributed by atoms with Crippen LogP contribution in [0.3, 0.4) is 0 Å². The minimum Gasteiger partial charge on any atom is -0.338 e. The molecule has 5 heteroatoms. The molecule has 2 amide bonds. The van der Waals surface area contributed by atoms with E-state index in [1.54, 1.807) is 0 Å². The number of likely N-dealkylation sites (tertiary alicyclic amines) is 1. The fraction of sp³-hybridized carbons (Fsp3) is 0.600. The van der Waals surface area contributed by atoms with Crippen molar-refractivity contribution >= 4 is 17.5 Å². The number of hydrogen-bond donors (Lipinski definition) is 2. The molecule has 1 fully saturated rings. The molecule has 1 aliphatic heterocycles. The summed E-state index contributed by atoms with van der Waals surface area (Å²) in [5.74, 6) is 0.936. The highest BCUT2D eigenvalue weighted by atomic mass is 16.2. The zero-order valence-electron chi connectivity index (χ0n) is 16.1. The van der Waals surface area contributed by atoms with Crippen LogP contribution in [0.25, 0.3) is 0 Å². The second kappa shape index (κ2) is 8.48. The lowest BCUT2D eigenvalue weighted by Crippen LogP contribution is -2.42. The molecule has 5 nitrogen and oxygen atoms in total. The third kappa shape index (κ3) is 5.05. The van der Waals surface area contributed by atoms with Crippen molar-refractivity contribution in [3.05, 3.63) is 29.3 Å². The second-order valence-corrected chi connectivity index (χ2v) is 7.63. The van der Waals surface area contributed by atoms with Gasteiger partial charge in [0.2, 0.25) is 5.91 Å². The largest absolute Gasteiger partial charge is 0.338 e. The first kappa shape index (κ1) is 19.4. The van der Waals surface area contributed by atoms with Crippen LogP contribution in [0.2, 0.25) is 0 Å². The summed E-state index contributed by atoms with van der Waals surface area (Å²) in [6.07, 6.45) is 1.17. The molecule has 138 valence electrons. The molecular weight excluding hydrogens is 314 g/mol. The molecule has 0 aromatic heterocycles. The number of rotatable bonds is 5. The first-order chi connectivity index (χ1) is 11.8. The summed E-state index contributed by atoms with van der Waals surface area (Å²) in [6.45, 7) is 10.4. The summed E-state index contributed by atoms with van der Waals surface area (Å²) in [5, 5.41) is 5.97. The maximum absolute atomic E-state index is 12.9. The van der Waals surface area contributed by atoms with E-state index in [1.165, 1.54) is 6.42 Å². The Morgan fingerprint density at radius 2 is 1.88 bits per heavy atom. The van der Waals surface area contributed by atoms with Crippen LogP contribution in [-0.2, 0) is 4.79 Å². The lowest BCUT2D eigenvalue weighted by Gasteiger charge is -2.35. The van der Waals surface area contributed by atoms with E-state index in [0.717, 1.165) is 24.3 Å². The highest BCUT2D eigenvalue weighted by molar-refractivity contribution is 5.98. The Morgan fingerprint density at radius 1 is 1.24 bits per heavy atom. The van der Waals surface area contributed by atoms with Gasteiger partial charge in [0.05, 0.1) is 0 Å². The summed E-state index contributed by atoms with van der Waals surface area (Å²) in [4.78, 5) is 27.1. The van der Waals surface area contributed by atoms with Crippen molar-refractivity contribution in [1.82, 2.24) is 10.2 Å². The van der Waals surface area contributed by atoms with E-state index in [1.807, 2.05) is 44.0 Å². The molecule has 2 N–H and O–H groups in total. The molecule has 0 radical (unpaired) electrons. The molecule has 1 aromatic rings. The Bertz CT molecular complexity index is 619. The molecule has 0 spiro atoms. The van der Waals surface area contributed by atoms with Crippen molar-refractivity contribution in [2.45, 2.75) is 34.1 Å². The van der Waals surface area contributed by atoms with Crippen LogP contribution in [0.4, 0.5) is 5.69 Å². The van der Waals surface area contributed by atoms with Crippen LogP contribution < -0.4 is 10.6 Å². The Hall–Kier alpha value is -1.88. The van der Waals surface area contributed by atoms with Crippen LogP contribution in [0.5, 0.6) is 0 Å². The third-order valence-electron chi connectivity index (χ3n) is 4.86. The summed E-state index contributed by atoms with van der Waals surface area (Å²) in [7, 11) is 1.83. The molecule has 0 bridgehead atoms. The minimum absolute atomic E-state index is 0.0396. The molecule has 1 aromatic carbocycles. The van der Waals surface area contributed by atoms with Crippen LogP contribution in [0.15, 0.2) is 18.2 Å². The van der Waals surface area contributed by atoms with E-state index in [9.17, 15) is 9.59 Å². The first-order valence-electron chi connectivity index (χ1n) is 9.17. The van der Waals surface area contributed by atoms with Gasteiger partial charge < -0.3 is 15.5 Å². The SMILES string of the molecule is CNCC(C)C(=O)Nc1cc(C(=O)N2CC(C)CC(C)C2)ccc1C. The number of carbonyl (C=O) groups is 2. The number of hydrogen-bond acceptors (Lipinski definition) is 3. The molecule has 1 heterocycles. The quantitative estimate of drug-likeness (QED) is 0.862. The fourth-order valence-corrected chi connectivity index (χ4v) is 3.56. The van der Waals surface area contributed by atoms with Gasteiger partial charge in [-0.25, -0.2) is 0 Å². The van der Waals surface area contributed by atoms with Crippen molar-refractivity contribution in [1.29, 1.82) is 0 Å². The van der Waals surface area contributed by atoms with Crippen molar-refractivity contribution in [2.75, 3.05) is 32.0 Å². The second-order valence-electron chi connectivity index (χ2n) is 7.63. The first-order valence-corrected chi connectivity index (χ1v) is 9.17.